The van der Waals surface area contributed by atoms with Crippen LogP contribution in [0.25, 0.3) is 0 Å². The van der Waals surface area contributed by atoms with Crippen molar-refractivity contribution >= 4 is 40.5 Å². The van der Waals surface area contributed by atoms with Crippen LogP contribution in [0.4, 0.5) is 11.4 Å². The first-order valence-corrected chi connectivity index (χ1v) is 10.5. The first-order chi connectivity index (χ1) is 15.0. The maximum Gasteiger partial charge on any atom is 0.258 e. The number of para-hydroxylation sites is 1. The highest BCUT2D eigenvalue weighted by atomic mass is 32.1. The number of thiocarbonyl (C=S) groups is 1. The van der Waals surface area contributed by atoms with Gasteiger partial charge in [-0.25, -0.2) is 0 Å². The molecule has 0 spiro atoms. The summed E-state index contributed by atoms with van der Waals surface area (Å²) in [5, 5.41) is 5.90. The lowest BCUT2D eigenvalue weighted by molar-refractivity contribution is -0.119. The lowest BCUT2D eigenvalue weighted by Crippen LogP contribution is -2.35. The van der Waals surface area contributed by atoms with Crippen LogP contribution in [0.15, 0.2) is 78.9 Å². The van der Waals surface area contributed by atoms with E-state index in [1.165, 1.54) is 0 Å². The summed E-state index contributed by atoms with van der Waals surface area (Å²) in [6, 6.07) is 24.3. The van der Waals surface area contributed by atoms with Crippen molar-refractivity contribution in [1.82, 2.24) is 5.32 Å². The highest BCUT2D eigenvalue weighted by Crippen LogP contribution is 2.18. The van der Waals surface area contributed by atoms with Crippen LogP contribution in [-0.2, 0) is 11.2 Å². The molecule has 3 aromatic carbocycles. The fourth-order valence-electron chi connectivity index (χ4n) is 3.22. The number of hydrogen-bond acceptors (Lipinski definition) is 3. The van der Waals surface area contributed by atoms with Gasteiger partial charge in [0, 0.05) is 23.5 Å². The van der Waals surface area contributed by atoms with Crippen LogP contribution in [0.1, 0.15) is 28.4 Å². The first kappa shape index (κ1) is 22.2. The molecule has 0 saturated carbocycles. The van der Waals surface area contributed by atoms with Gasteiger partial charge in [-0.1, -0.05) is 42.5 Å². The molecule has 0 bridgehead atoms. The van der Waals surface area contributed by atoms with Gasteiger partial charge in [-0.15, -0.1) is 0 Å². The second kappa shape index (κ2) is 10.5. The number of carbonyl (C=O) groups is 2. The minimum atomic E-state index is -0.181. The fourth-order valence-corrected chi connectivity index (χ4v) is 3.45. The molecule has 3 rings (SSSR count). The van der Waals surface area contributed by atoms with Crippen molar-refractivity contribution in [3.63, 3.8) is 0 Å². The average molecular weight is 432 g/mol. The molecule has 31 heavy (non-hydrogen) atoms. The van der Waals surface area contributed by atoms with Crippen molar-refractivity contribution in [1.29, 1.82) is 0 Å². The van der Waals surface area contributed by atoms with Gasteiger partial charge in [0.05, 0.1) is 6.42 Å². The summed E-state index contributed by atoms with van der Waals surface area (Å²) in [4.78, 5) is 26.9. The molecular weight excluding hydrogens is 406 g/mol. The molecule has 0 aliphatic rings. The summed E-state index contributed by atoms with van der Waals surface area (Å²) in [5.74, 6) is -0.255. The van der Waals surface area contributed by atoms with Crippen LogP contribution in [0.5, 0.6) is 0 Å². The van der Waals surface area contributed by atoms with Crippen LogP contribution in [-0.4, -0.2) is 23.5 Å². The molecule has 3 aromatic rings. The molecule has 0 aliphatic carbocycles. The number of carbonyl (C=O) groups excluding carboxylic acids is 2. The third kappa shape index (κ3) is 5.99. The van der Waals surface area contributed by atoms with Gasteiger partial charge in [-0.3, -0.25) is 9.59 Å². The quantitative estimate of drug-likeness (QED) is 0.555. The Kier molecular flexibility index (Phi) is 7.51. The van der Waals surface area contributed by atoms with Crippen LogP contribution in [0, 0.1) is 6.92 Å². The lowest BCUT2D eigenvalue weighted by atomic mass is 10.1. The van der Waals surface area contributed by atoms with Crippen molar-refractivity contribution in [2.24, 2.45) is 0 Å². The normalized spacial score (nSPS) is 10.3. The van der Waals surface area contributed by atoms with E-state index in [1.807, 2.05) is 68.4 Å². The highest BCUT2D eigenvalue weighted by Gasteiger charge is 2.16. The molecule has 5 nitrogen and oxygen atoms in total. The van der Waals surface area contributed by atoms with E-state index in [0.29, 0.717) is 17.8 Å². The van der Waals surface area contributed by atoms with E-state index >= 15 is 0 Å². The maximum absolute atomic E-state index is 12.9. The summed E-state index contributed by atoms with van der Waals surface area (Å²) in [7, 11) is 0. The number of benzene rings is 3. The standard InChI is InChI=1S/C25H25N3O2S/c1-3-28(22-11-5-4-6-12-22)24(30)19-13-15-21(16-14-19)26-25(31)27-23(29)17-20-10-8-7-9-18(20)2/h4-16H,3,17H2,1-2H3,(H2,26,27,29,31). The van der Waals surface area contributed by atoms with E-state index in [4.69, 9.17) is 12.2 Å². The topological polar surface area (TPSA) is 61.4 Å². The summed E-state index contributed by atoms with van der Waals surface area (Å²) in [6.45, 7) is 4.48. The Morgan fingerprint density at radius 2 is 1.55 bits per heavy atom. The number of aryl methyl sites for hydroxylation is 1. The summed E-state index contributed by atoms with van der Waals surface area (Å²) < 4.78 is 0. The molecule has 0 unspecified atom stereocenters. The molecule has 6 heteroatoms. The number of anilines is 2. The van der Waals surface area contributed by atoms with E-state index in [0.717, 1.165) is 16.8 Å². The number of nitrogens with zero attached hydrogens (tertiary/aromatic N) is 1. The van der Waals surface area contributed by atoms with Crippen LogP contribution >= 0.6 is 12.2 Å². The maximum atomic E-state index is 12.9. The third-order valence-corrected chi connectivity index (χ3v) is 5.09. The van der Waals surface area contributed by atoms with E-state index < -0.39 is 0 Å². The van der Waals surface area contributed by atoms with Crippen molar-refractivity contribution in [3.05, 3.63) is 95.6 Å². The Morgan fingerprint density at radius 1 is 0.903 bits per heavy atom. The van der Waals surface area contributed by atoms with Gasteiger partial charge in [0.2, 0.25) is 5.91 Å². The zero-order valence-electron chi connectivity index (χ0n) is 17.6. The summed E-state index contributed by atoms with van der Waals surface area (Å²) in [6.07, 6.45) is 0.258. The Hall–Kier alpha value is -3.51. The van der Waals surface area contributed by atoms with Gasteiger partial charge >= 0.3 is 0 Å². The number of amides is 2. The van der Waals surface area contributed by atoms with Gasteiger partial charge in [-0.05, 0) is 73.6 Å². The smallest absolute Gasteiger partial charge is 0.258 e. The van der Waals surface area contributed by atoms with Gasteiger partial charge in [0.15, 0.2) is 5.11 Å². The van der Waals surface area contributed by atoms with Gasteiger partial charge in [0.1, 0.15) is 0 Å². The van der Waals surface area contributed by atoms with E-state index in [2.05, 4.69) is 10.6 Å². The average Bonchev–Trinajstić information content (AvgIpc) is 2.77. The first-order valence-electron chi connectivity index (χ1n) is 10.1. The second-order valence-electron chi connectivity index (χ2n) is 7.07. The SMILES string of the molecule is CCN(C(=O)c1ccc(NC(=S)NC(=O)Cc2ccccc2C)cc1)c1ccccc1. The lowest BCUT2D eigenvalue weighted by Gasteiger charge is -2.21. The predicted octanol–water partition coefficient (Wildman–Crippen LogP) is 4.72. The summed E-state index contributed by atoms with van der Waals surface area (Å²) in [5.41, 5.74) is 4.15. The minimum absolute atomic E-state index is 0.0747. The van der Waals surface area contributed by atoms with Crippen LogP contribution in [0.2, 0.25) is 0 Å². The molecule has 0 aromatic heterocycles. The third-order valence-electron chi connectivity index (χ3n) is 4.88. The number of nitrogens with one attached hydrogen (secondary N) is 2. The van der Waals surface area contributed by atoms with E-state index in [9.17, 15) is 9.59 Å². The van der Waals surface area contributed by atoms with Gasteiger partial charge in [0.25, 0.3) is 5.91 Å². The minimum Gasteiger partial charge on any atom is -0.332 e. The van der Waals surface area contributed by atoms with Crippen LogP contribution in [0.3, 0.4) is 0 Å². The van der Waals surface area contributed by atoms with E-state index in [1.54, 1.807) is 29.2 Å². The monoisotopic (exact) mass is 431 g/mol. The zero-order valence-corrected chi connectivity index (χ0v) is 18.4. The molecule has 0 fully saturated rings. The Morgan fingerprint density at radius 3 is 2.19 bits per heavy atom. The Bertz CT molecular complexity index is 1070. The predicted molar refractivity (Wildman–Crippen MR) is 129 cm³/mol. The van der Waals surface area contributed by atoms with E-state index in [-0.39, 0.29) is 23.3 Å². The van der Waals surface area contributed by atoms with Crippen molar-refractivity contribution in [3.8, 4) is 0 Å². The molecule has 0 atom stereocenters. The van der Waals surface area contributed by atoms with Crippen molar-refractivity contribution < 1.29 is 9.59 Å². The summed E-state index contributed by atoms with van der Waals surface area (Å²) >= 11 is 5.25. The number of rotatable bonds is 6. The molecule has 2 N–H and O–H groups in total. The largest absolute Gasteiger partial charge is 0.332 e. The fraction of sp³-hybridized carbons (Fsp3) is 0.160. The molecule has 0 heterocycles. The molecule has 2 amide bonds. The van der Waals surface area contributed by atoms with Crippen molar-refractivity contribution in [2.45, 2.75) is 20.3 Å². The Labute approximate surface area is 188 Å². The van der Waals surface area contributed by atoms with Gasteiger partial charge in [-0.2, -0.15) is 0 Å². The van der Waals surface area contributed by atoms with Crippen molar-refractivity contribution in [2.75, 3.05) is 16.8 Å². The molecular formula is C25H25N3O2S. The molecule has 0 aliphatic heterocycles. The zero-order chi connectivity index (χ0) is 22.2. The molecule has 0 radical (unpaired) electrons. The highest BCUT2D eigenvalue weighted by molar-refractivity contribution is 7.80. The molecule has 0 saturated heterocycles. The number of hydrogen-bond donors (Lipinski definition) is 2. The van der Waals surface area contributed by atoms with Crippen LogP contribution < -0.4 is 15.5 Å². The van der Waals surface area contributed by atoms with Gasteiger partial charge < -0.3 is 15.5 Å². The Balaban J connectivity index is 1.58. The second-order valence-corrected chi connectivity index (χ2v) is 7.48. The molecule has 158 valence electrons.